The van der Waals surface area contributed by atoms with Crippen molar-refractivity contribution < 1.29 is 28.5 Å². The van der Waals surface area contributed by atoms with E-state index in [0.29, 0.717) is 25.2 Å². The van der Waals surface area contributed by atoms with Crippen molar-refractivity contribution in [1.29, 1.82) is 0 Å². The molecule has 4 rings (SSSR count). The Morgan fingerprint density at radius 3 is 2.50 bits per heavy atom. The molecule has 1 saturated heterocycles. The second kappa shape index (κ2) is 10.1. The number of carbonyl (C=O) groups excluding carboxylic acids is 1. The lowest BCUT2D eigenvalue weighted by Gasteiger charge is -2.52. The Morgan fingerprint density at radius 1 is 1.26 bits per heavy atom. The molecule has 1 saturated carbocycles. The Balaban J connectivity index is 1.58. The first-order valence-electron chi connectivity index (χ1n) is 13.5. The van der Waals surface area contributed by atoms with Gasteiger partial charge in [-0.2, -0.15) is 0 Å². The standard InChI is InChI=1S/C31H44O6Si/c1-10-31(33)22(15-20(2)18-35-19-21-11-13-23(34-7)14-12-21)16-24-26-25(37-38(8,9)29(3,4)5)17-30(6,27(26)31)36-28(24)32/h10-16,24-27,33H,1,17-19H2,2-9H3/b20-15+/t24-,25+,26+,27+,30-,31+/m0/s1. The number of hydrogen-bond acceptors (Lipinski definition) is 6. The summed E-state index contributed by atoms with van der Waals surface area (Å²) in [6.45, 7) is 19.9. The average Bonchev–Trinajstić information content (AvgIpc) is 3.06. The van der Waals surface area contributed by atoms with Crippen molar-refractivity contribution in [2.24, 2.45) is 17.8 Å². The van der Waals surface area contributed by atoms with E-state index in [1.54, 1.807) is 13.2 Å². The zero-order valence-electron chi connectivity index (χ0n) is 24.2. The van der Waals surface area contributed by atoms with Gasteiger partial charge in [0, 0.05) is 18.3 Å². The molecule has 2 aliphatic carbocycles. The monoisotopic (exact) mass is 540 g/mol. The number of rotatable bonds is 9. The molecule has 0 unspecified atom stereocenters. The van der Waals surface area contributed by atoms with Gasteiger partial charge in [0.15, 0.2) is 8.32 Å². The van der Waals surface area contributed by atoms with Crippen molar-refractivity contribution in [3.63, 3.8) is 0 Å². The minimum absolute atomic E-state index is 0.0337. The van der Waals surface area contributed by atoms with Gasteiger partial charge in [-0.05, 0) is 60.8 Å². The molecule has 208 valence electrons. The fraction of sp³-hybridized carbons (Fsp3) is 0.581. The lowest BCUT2D eigenvalue weighted by molar-refractivity contribution is -0.192. The van der Waals surface area contributed by atoms with Gasteiger partial charge in [-0.1, -0.05) is 57.7 Å². The van der Waals surface area contributed by atoms with E-state index in [2.05, 4.69) is 40.4 Å². The summed E-state index contributed by atoms with van der Waals surface area (Å²) in [6.07, 6.45) is 5.85. The molecule has 1 aliphatic heterocycles. The Kier molecular flexibility index (Phi) is 7.64. The summed E-state index contributed by atoms with van der Waals surface area (Å²) in [4.78, 5) is 13.2. The molecule has 1 aromatic carbocycles. The van der Waals surface area contributed by atoms with Crippen molar-refractivity contribution in [2.75, 3.05) is 13.7 Å². The minimum Gasteiger partial charge on any atom is -0.497 e. The van der Waals surface area contributed by atoms with Gasteiger partial charge in [0.25, 0.3) is 0 Å². The molecule has 1 aromatic rings. The Hall–Kier alpha value is -2.19. The molecule has 6 atom stereocenters. The molecular weight excluding hydrogens is 496 g/mol. The highest BCUT2D eigenvalue weighted by molar-refractivity contribution is 6.74. The van der Waals surface area contributed by atoms with E-state index in [-0.39, 0.29) is 28.9 Å². The molecule has 38 heavy (non-hydrogen) atoms. The van der Waals surface area contributed by atoms with Crippen LogP contribution >= 0.6 is 0 Å². The molecule has 1 heterocycles. The lowest BCUT2D eigenvalue weighted by Crippen LogP contribution is -2.60. The molecule has 1 N–H and O–H groups in total. The molecule has 3 aliphatic rings. The average molecular weight is 541 g/mol. The van der Waals surface area contributed by atoms with Gasteiger partial charge in [-0.3, -0.25) is 4.79 Å². The highest BCUT2D eigenvalue weighted by atomic mass is 28.4. The lowest BCUT2D eigenvalue weighted by atomic mass is 9.60. The maximum absolute atomic E-state index is 13.2. The van der Waals surface area contributed by atoms with Crippen LogP contribution in [0.1, 0.15) is 46.6 Å². The quantitative estimate of drug-likeness (QED) is 0.236. The van der Waals surface area contributed by atoms with Gasteiger partial charge in [0.05, 0.1) is 32.3 Å². The van der Waals surface area contributed by atoms with Crippen LogP contribution in [0.5, 0.6) is 5.75 Å². The Morgan fingerprint density at radius 2 is 1.92 bits per heavy atom. The van der Waals surface area contributed by atoms with Crippen LogP contribution < -0.4 is 4.74 Å². The second-order valence-electron chi connectivity index (χ2n) is 12.9. The highest BCUT2D eigenvalue weighted by Crippen LogP contribution is 2.61. The van der Waals surface area contributed by atoms with E-state index in [0.717, 1.165) is 16.9 Å². The fourth-order valence-electron chi connectivity index (χ4n) is 6.17. The van der Waals surface area contributed by atoms with Crippen LogP contribution in [0.4, 0.5) is 0 Å². The van der Waals surface area contributed by atoms with E-state index < -0.39 is 25.4 Å². The predicted octanol–water partition coefficient (Wildman–Crippen LogP) is 5.97. The van der Waals surface area contributed by atoms with Crippen molar-refractivity contribution >= 4 is 14.3 Å². The summed E-state index contributed by atoms with van der Waals surface area (Å²) in [5, 5.41) is 12.2. The van der Waals surface area contributed by atoms with Crippen molar-refractivity contribution in [1.82, 2.24) is 0 Å². The molecular formula is C31H44O6Si. The minimum atomic E-state index is -2.11. The maximum Gasteiger partial charge on any atom is 0.313 e. The van der Waals surface area contributed by atoms with Crippen LogP contribution in [-0.2, 0) is 25.3 Å². The first kappa shape index (κ1) is 28.8. The van der Waals surface area contributed by atoms with Gasteiger partial charge in [-0.15, -0.1) is 0 Å². The molecule has 0 radical (unpaired) electrons. The SMILES string of the molecule is C=C[C@@]1(O)C(/C=C(\C)COCc2ccc(OC)cc2)=C[C@@H]2C(=O)O[C@@]3(C)C[C@@H](O[Si](C)(C)C(C)(C)C)[C@@H]2[C@@H]13. The van der Waals surface area contributed by atoms with E-state index in [1.165, 1.54) is 0 Å². The van der Waals surface area contributed by atoms with Crippen LogP contribution in [0, 0.1) is 17.8 Å². The van der Waals surface area contributed by atoms with Crippen LogP contribution in [0.15, 0.2) is 60.2 Å². The number of carbonyl (C=O) groups is 1. The van der Waals surface area contributed by atoms with Crippen molar-refractivity contribution in [3.8, 4) is 5.75 Å². The maximum atomic E-state index is 13.2. The first-order chi connectivity index (χ1) is 17.6. The van der Waals surface area contributed by atoms with Crippen LogP contribution in [-0.4, -0.2) is 50.4 Å². The molecule has 7 heteroatoms. The Labute approximate surface area is 228 Å². The summed E-state index contributed by atoms with van der Waals surface area (Å²) < 4.78 is 24.1. The molecule has 6 nitrogen and oxygen atoms in total. The smallest absolute Gasteiger partial charge is 0.313 e. The number of aliphatic hydroxyl groups is 1. The normalized spacial score (nSPS) is 33.0. The zero-order valence-corrected chi connectivity index (χ0v) is 25.2. The Bertz CT molecular complexity index is 1130. The van der Waals surface area contributed by atoms with E-state index >= 15 is 0 Å². The molecule has 0 spiro atoms. The van der Waals surface area contributed by atoms with Crippen molar-refractivity contribution in [3.05, 3.63) is 65.8 Å². The van der Waals surface area contributed by atoms with Crippen LogP contribution in [0.3, 0.4) is 0 Å². The van der Waals surface area contributed by atoms with Gasteiger partial charge in [0.2, 0.25) is 0 Å². The first-order valence-corrected chi connectivity index (χ1v) is 16.4. The molecule has 2 fully saturated rings. The third kappa shape index (κ3) is 5.06. The van der Waals surface area contributed by atoms with E-state index in [9.17, 15) is 9.90 Å². The number of benzene rings is 1. The number of hydrogen-bond donors (Lipinski definition) is 1. The summed E-state index contributed by atoms with van der Waals surface area (Å²) >= 11 is 0. The largest absolute Gasteiger partial charge is 0.497 e. The fourth-order valence-corrected chi connectivity index (χ4v) is 7.52. The highest BCUT2D eigenvalue weighted by Gasteiger charge is 2.69. The second-order valence-corrected chi connectivity index (χ2v) is 17.7. The van der Waals surface area contributed by atoms with Gasteiger partial charge < -0.3 is 23.7 Å². The van der Waals surface area contributed by atoms with Gasteiger partial charge in [0.1, 0.15) is 17.0 Å². The zero-order chi connectivity index (χ0) is 28.1. The topological polar surface area (TPSA) is 74.2 Å². The van der Waals surface area contributed by atoms with E-state index in [1.807, 2.05) is 50.3 Å². The number of esters is 1. The van der Waals surface area contributed by atoms with Crippen LogP contribution in [0.2, 0.25) is 18.1 Å². The summed E-state index contributed by atoms with van der Waals surface area (Å²) in [7, 11) is -0.467. The number of ether oxygens (including phenoxy) is 3. The van der Waals surface area contributed by atoms with Crippen LogP contribution in [0.25, 0.3) is 0 Å². The molecule has 4 bridgehead atoms. The molecule has 0 amide bonds. The number of methoxy groups -OCH3 is 1. The third-order valence-electron chi connectivity index (χ3n) is 9.12. The third-order valence-corrected chi connectivity index (χ3v) is 13.6. The van der Waals surface area contributed by atoms with E-state index in [4.69, 9.17) is 18.6 Å². The van der Waals surface area contributed by atoms with Gasteiger partial charge >= 0.3 is 5.97 Å². The van der Waals surface area contributed by atoms with Crippen molar-refractivity contribution in [2.45, 2.75) is 83.1 Å². The summed E-state index contributed by atoms with van der Waals surface area (Å²) in [5.41, 5.74) is 0.498. The summed E-state index contributed by atoms with van der Waals surface area (Å²) in [5.74, 6) is -0.400. The van der Waals surface area contributed by atoms with Gasteiger partial charge in [-0.25, -0.2) is 0 Å². The molecule has 0 aromatic heterocycles. The summed E-state index contributed by atoms with van der Waals surface area (Å²) in [6, 6.07) is 7.77. The predicted molar refractivity (Wildman–Crippen MR) is 151 cm³/mol.